The number of benzene rings is 1. The molecule has 1 aliphatic heterocycles. The summed E-state index contributed by atoms with van der Waals surface area (Å²) in [6, 6.07) is 3.75. The van der Waals surface area contributed by atoms with Gasteiger partial charge in [-0.25, -0.2) is 9.78 Å². The molecule has 4 nitrogen and oxygen atoms in total. The van der Waals surface area contributed by atoms with E-state index in [2.05, 4.69) is 85.3 Å². The third kappa shape index (κ3) is 11.7. The van der Waals surface area contributed by atoms with Gasteiger partial charge in [0.25, 0.3) is 0 Å². The molecule has 3 rings (SSSR count). The van der Waals surface area contributed by atoms with Gasteiger partial charge in [-0.2, -0.15) is 0 Å². The van der Waals surface area contributed by atoms with Gasteiger partial charge >= 0.3 is 5.97 Å². The Bertz CT molecular complexity index is 1230. The Labute approximate surface area is 291 Å². The minimum atomic E-state index is -0.415. The molecule has 252 valence electrons. The molecule has 0 fully saturated rings. The SMILES string of the molecule is Cc1c(C)c2c(c(C)c1OC(=O)c1ccc(CCC(Br)CBr)cn1)CC[C@@](C)(CCC[C@H](C)CCC[C@H](C)CCCC(C)C)O2. The normalized spacial score (nSPS) is 18.3. The van der Waals surface area contributed by atoms with E-state index in [9.17, 15) is 4.79 Å². The van der Waals surface area contributed by atoms with Crippen molar-refractivity contribution in [3.8, 4) is 11.5 Å². The fourth-order valence-corrected chi connectivity index (χ4v) is 7.20. The van der Waals surface area contributed by atoms with Crippen LogP contribution in [0.2, 0.25) is 0 Å². The van der Waals surface area contributed by atoms with Gasteiger partial charge < -0.3 is 9.47 Å². The molecule has 2 aromatic rings. The van der Waals surface area contributed by atoms with Crippen LogP contribution in [0.5, 0.6) is 11.5 Å². The van der Waals surface area contributed by atoms with E-state index in [1.807, 2.05) is 13.0 Å². The summed E-state index contributed by atoms with van der Waals surface area (Å²) < 4.78 is 12.8. The second-order valence-corrected chi connectivity index (χ2v) is 16.6. The topological polar surface area (TPSA) is 48.4 Å². The molecule has 2 heterocycles. The van der Waals surface area contributed by atoms with Crippen LogP contribution in [0.1, 0.15) is 144 Å². The van der Waals surface area contributed by atoms with E-state index in [4.69, 9.17) is 9.47 Å². The average Bonchev–Trinajstić information content (AvgIpc) is 3.00. The third-order valence-electron chi connectivity index (χ3n) is 9.98. The molecular weight excluding hydrogens is 690 g/mol. The van der Waals surface area contributed by atoms with E-state index in [0.29, 0.717) is 16.3 Å². The Kier molecular flexibility index (Phi) is 15.4. The van der Waals surface area contributed by atoms with Gasteiger partial charge in [0, 0.05) is 21.9 Å². The Morgan fingerprint density at radius 3 is 2.18 bits per heavy atom. The molecular formula is C39H59Br2NO3. The summed E-state index contributed by atoms with van der Waals surface area (Å²) in [5.74, 6) is 3.68. The average molecular weight is 750 g/mol. The smallest absolute Gasteiger partial charge is 0.362 e. The minimum Gasteiger partial charge on any atom is -0.487 e. The van der Waals surface area contributed by atoms with Crippen molar-refractivity contribution in [3.05, 3.63) is 51.8 Å². The lowest BCUT2D eigenvalue weighted by molar-refractivity contribution is 0.0508. The second-order valence-electron chi connectivity index (χ2n) is 14.7. The first-order chi connectivity index (χ1) is 21.3. The van der Waals surface area contributed by atoms with Crippen molar-refractivity contribution >= 4 is 37.8 Å². The van der Waals surface area contributed by atoms with Gasteiger partial charge in [0.15, 0.2) is 0 Å². The van der Waals surface area contributed by atoms with Crippen molar-refractivity contribution in [1.29, 1.82) is 0 Å². The van der Waals surface area contributed by atoms with Gasteiger partial charge in [0.05, 0.1) is 0 Å². The number of esters is 1. The van der Waals surface area contributed by atoms with Crippen LogP contribution in [0.3, 0.4) is 0 Å². The molecule has 0 N–H and O–H groups in total. The van der Waals surface area contributed by atoms with Crippen LogP contribution in [-0.2, 0) is 12.8 Å². The highest BCUT2D eigenvalue weighted by Crippen LogP contribution is 2.45. The molecule has 0 amide bonds. The number of fused-ring (bicyclic) bond motifs is 1. The van der Waals surface area contributed by atoms with Gasteiger partial charge in [-0.05, 0) is 112 Å². The first-order valence-electron chi connectivity index (χ1n) is 17.5. The molecule has 1 aromatic heterocycles. The van der Waals surface area contributed by atoms with Crippen molar-refractivity contribution in [3.63, 3.8) is 0 Å². The number of nitrogens with zero attached hydrogens (tertiary/aromatic N) is 1. The monoisotopic (exact) mass is 747 g/mol. The molecule has 0 spiro atoms. The highest BCUT2D eigenvalue weighted by molar-refractivity contribution is 9.12. The highest BCUT2D eigenvalue weighted by Gasteiger charge is 2.35. The van der Waals surface area contributed by atoms with Crippen molar-refractivity contribution in [1.82, 2.24) is 4.98 Å². The Hall–Kier alpha value is -1.40. The van der Waals surface area contributed by atoms with Crippen molar-refractivity contribution in [2.45, 2.75) is 149 Å². The Morgan fingerprint density at radius 1 is 0.933 bits per heavy atom. The van der Waals surface area contributed by atoms with Crippen LogP contribution in [0.25, 0.3) is 0 Å². The first kappa shape index (κ1) is 38.1. The lowest BCUT2D eigenvalue weighted by atomic mass is 9.83. The summed E-state index contributed by atoms with van der Waals surface area (Å²) in [5.41, 5.74) is 5.50. The van der Waals surface area contributed by atoms with Gasteiger partial charge in [-0.3, -0.25) is 0 Å². The highest BCUT2D eigenvalue weighted by atomic mass is 79.9. The number of rotatable bonds is 18. The zero-order valence-corrected chi connectivity index (χ0v) is 32.5. The summed E-state index contributed by atoms with van der Waals surface area (Å²) in [7, 11) is 0. The molecule has 1 aliphatic rings. The molecule has 0 bridgehead atoms. The summed E-state index contributed by atoms with van der Waals surface area (Å²) in [4.78, 5) is 18.0. The fraction of sp³-hybridized carbons (Fsp3) is 0.692. The maximum atomic E-state index is 13.1. The lowest BCUT2D eigenvalue weighted by Crippen LogP contribution is -2.37. The van der Waals surface area contributed by atoms with Crippen LogP contribution in [0, 0.1) is 38.5 Å². The van der Waals surface area contributed by atoms with Crippen LogP contribution in [0.4, 0.5) is 0 Å². The summed E-state index contributed by atoms with van der Waals surface area (Å²) >= 11 is 7.14. The summed E-state index contributed by atoms with van der Waals surface area (Å²) in [5, 5.41) is 0.909. The van der Waals surface area contributed by atoms with Crippen molar-refractivity contribution in [2.75, 3.05) is 5.33 Å². The molecule has 0 aliphatic carbocycles. The molecule has 1 unspecified atom stereocenters. The molecule has 45 heavy (non-hydrogen) atoms. The van der Waals surface area contributed by atoms with E-state index in [1.54, 1.807) is 12.3 Å². The van der Waals surface area contributed by atoms with Crippen molar-refractivity contribution < 1.29 is 14.3 Å². The van der Waals surface area contributed by atoms with Gasteiger partial charge in [0.2, 0.25) is 0 Å². The Morgan fingerprint density at radius 2 is 1.58 bits per heavy atom. The fourth-order valence-electron chi connectivity index (χ4n) is 6.65. The zero-order chi connectivity index (χ0) is 33.1. The predicted molar refractivity (Wildman–Crippen MR) is 197 cm³/mol. The molecule has 1 aromatic carbocycles. The third-order valence-corrected chi connectivity index (χ3v) is 12.4. The number of alkyl halides is 2. The summed E-state index contributed by atoms with van der Waals surface area (Å²) in [6.45, 7) is 18.0. The van der Waals surface area contributed by atoms with Gasteiger partial charge in [0.1, 0.15) is 22.8 Å². The minimum absolute atomic E-state index is 0.158. The number of carbonyl (C=O) groups is 1. The van der Waals surface area contributed by atoms with E-state index in [-0.39, 0.29) is 5.60 Å². The molecule has 0 saturated heterocycles. The van der Waals surface area contributed by atoms with E-state index in [0.717, 1.165) is 83.2 Å². The quantitative estimate of drug-likeness (QED) is 0.0865. The predicted octanol–water partition coefficient (Wildman–Crippen LogP) is 11.8. The lowest BCUT2D eigenvalue weighted by Gasteiger charge is -2.38. The second kappa shape index (κ2) is 18.2. The number of hydrogen-bond donors (Lipinski definition) is 0. The number of hydrogen-bond acceptors (Lipinski definition) is 4. The maximum absolute atomic E-state index is 13.1. The van der Waals surface area contributed by atoms with E-state index >= 15 is 0 Å². The number of aromatic nitrogens is 1. The van der Waals surface area contributed by atoms with Crippen LogP contribution in [-0.4, -0.2) is 26.7 Å². The van der Waals surface area contributed by atoms with Gasteiger partial charge in [-0.15, -0.1) is 0 Å². The first-order valence-corrected chi connectivity index (χ1v) is 19.6. The number of ether oxygens (including phenoxy) is 2. The zero-order valence-electron chi connectivity index (χ0n) is 29.4. The number of halogens is 2. The summed E-state index contributed by atoms with van der Waals surface area (Å²) in [6.07, 6.45) is 17.3. The van der Waals surface area contributed by atoms with E-state index in [1.165, 1.54) is 56.9 Å². The largest absolute Gasteiger partial charge is 0.487 e. The number of carbonyl (C=O) groups excluding carboxylic acids is 1. The van der Waals surface area contributed by atoms with Crippen molar-refractivity contribution in [2.24, 2.45) is 17.8 Å². The van der Waals surface area contributed by atoms with Crippen LogP contribution < -0.4 is 9.47 Å². The number of pyridine rings is 1. The van der Waals surface area contributed by atoms with Crippen LogP contribution >= 0.6 is 31.9 Å². The standard InChI is InChI=1S/C39H59Br2NO3/c1-26(2)12-9-13-27(3)14-10-15-28(4)16-11-22-39(8)23-21-34-31(7)36(29(5)30(6)37(34)45-39)44-38(43)35-20-18-32(25-42-35)17-19-33(41)24-40/h18,20,25-28,33H,9-17,19,21-24H2,1-8H3/t27-,28-,33?,39-/m1/s1. The van der Waals surface area contributed by atoms with Gasteiger partial charge in [-0.1, -0.05) is 111 Å². The molecule has 0 saturated carbocycles. The maximum Gasteiger partial charge on any atom is 0.362 e. The van der Waals surface area contributed by atoms with E-state index < -0.39 is 5.97 Å². The molecule has 4 atom stereocenters. The Balaban J connectivity index is 1.53. The number of aryl methyl sites for hydroxylation is 1. The molecule has 6 heteroatoms. The molecule has 0 radical (unpaired) electrons. The van der Waals surface area contributed by atoms with Crippen LogP contribution in [0.15, 0.2) is 18.3 Å².